The van der Waals surface area contributed by atoms with Crippen molar-refractivity contribution in [3.05, 3.63) is 63.3 Å². The Morgan fingerprint density at radius 1 is 1.00 bits per heavy atom. The van der Waals surface area contributed by atoms with E-state index in [-0.39, 0.29) is 3.12 Å². The second-order valence-electron chi connectivity index (χ2n) is 8.24. The third kappa shape index (κ3) is 2.74. The van der Waals surface area contributed by atoms with E-state index in [1.807, 2.05) is 0 Å². The molecule has 0 fully saturated rings. The van der Waals surface area contributed by atoms with Crippen LogP contribution in [0.4, 0.5) is 0 Å². The first-order valence-electron chi connectivity index (χ1n) is 9.65. The van der Waals surface area contributed by atoms with Crippen molar-refractivity contribution >= 4 is 30.5 Å². The number of hydrogen-bond donors (Lipinski definition) is 0. The number of rotatable bonds is 4. The summed E-state index contributed by atoms with van der Waals surface area (Å²) in [5, 5.41) is 0. The molecule has 0 aromatic heterocycles. The molecule has 1 unspecified atom stereocenters. The molecule has 1 aromatic carbocycles. The molecule has 0 saturated heterocycles. The summed E-state index contributed by atoms with van der Waals surface area (Å²) in [4.78, 5) is 0. The zero-order valence-corrected chi connectivity index (χ0v) is 22.6. The van der Waals surface area contributed by atoms with Gasteiger partial charge in [0.05, 0.1) is 0 Å². The van der Waals surface area contributed by atoms with Crippen LogP contribution in [0.15, 0.2) is 52.1 Å². The van der Waals surface area contributed by atoms with E-state index in [0.717, 1.165) is 6.42 Å². The fraction of sp³-hybridized carbons (Fsp3) is 0.478. The van der Waals surface area contributed by atoms with Gasteiger partial charge in [0.15, 0.2) is 0 Å². The van der Waals surface area contributed by atoms with E-state index in [2.05, 4.69) is 103 Å². The van der Waals surface area contributed by atoms with Crippen molar-refractivity contribution in [3.63, 3.8) is 0 Å². The van der Waals surface area contributed by atoms with Crippen molar-refractivity contribution in [3.8, 4) is 0 Å². The summed E-state index contributed by atoms with van der Waals surface area (Å²) in [7, 11) is 0. The van der Waals surface area contributed by atoms with Gasteiger partial charge in [-0.3, -0.25) is 0 Å². The molecule has 3 heteroatoms. The van der Waals surface area contributed by atoms with E-state index < -0.39 is 15.6 Å². The topological polar surface area (TPSA) is 0 Å². The summed E-state index contributed by atoms with van der Waals surface area (Å²) in [6.45, 7) is 16.5. The Labute approximate surface area is 175 Å². The molecule has 140 valence electrons. The number of hydrogen-bond acceptors (Lipinski definition) is 0. The summed E-state index contributed by atoms with van der Waals surface area (Å²) < 4.78 is 0.697. The van der Waals surface area contributed by atoms with Crippen molar-refractivity contribution in [2.24, 2.45) is 5.92 Å². The molecule has 3 rings (SSSR count). The Morgan fingerprint density at radius 2 is 1.54 bits per heavy atom. The molecule has 26 heavy (non-hydrogen) atoms. The van der Waals surface area contributed by atoms with Crippen LogP contribution in [0.5, 0.6) is 0 Å². The molecular weight excluding hydrogens is 527 g/mol. The quantitative estimate of drug-likeness (QED) is 0.347. The van der Waals surface area contributed by atoms with Gasteiger partial charge in [0, 0.05) is 0 Å². The number of benzene rings is 1. The van der Waals surface area contributed by atoms with E-state index in [0.29, 0.717) is 9.54 Å². The molecule has 1 aromatic rings. The molecule has 0 aliphatic heterocycles. The SMILES string of the molecule is CC[C]1([Zr]([Br])([Br])[CH]2C(C(C)C)=Cc3ccccc32)C(C)=C(C)C(C)=C1C. The third-order valence-electron chi connectivity index (χ3n) is 7.06. The maximum atomic E-state index is 4.49. The van der Waals surface area contributed by atoms with Crippen LogP contribution in [-0.2, 0) is 15.6 Å². The monoisotopic (exact) mass is 554 g/mol. The zero-order valence-electron chi connectivity index (χ0n) is 17.0. The fourth-order valence-corrected chi connectivity index (χ4v) is 31.1. The molecule has 0 amide bonds. The second kappa shape index (κ2) is 7.27. The Morgan fingerprint density at radius 3 is 2.04 bits per heavy atom. The van der Waals surface area contributed by atoms with Gasteiger partial charge in [-0.1, -0.05) is 0 Å². The minimum atomic E-state index is -3.10. The van der Waals surface area contributed by atoms with Gasteiger partial charge in [0.25, 0.3) is 0 Å². The molecule has 2 aliphatic carbocycles. The number of allylic oxidation sites excluding steroid dienone is 5. The summed E-state index contributed by atoms with van der Waals surface area (Å²) in [6.07, 6.45) is 3.63. The fourth-order valence-electron chi connectivity index (χ4n) is 5.25. The Kier molecular flexibility index (Phi) is 5.87. The Hall–Kier alpha value is 0.283. The molecule has 0 heterocycles. The van der Waals surface area contributed by atoms with Gasteiger partial charge in [-0.05, 0) is 0 Å². The first-order chi connectivity index (χ1) is 12.1. The van der Waals surface area contributed by atoms with Gasteiger partial charge in [0.2, 0.25) is 0 Å². The predicted octanol–water partition coefficient (Wildman–Crippen LogP) is 8.81. The Balaban J connectivity index is 2.26. The van der Waals surface area contributed by atoms with E-state index in [9.17, 15) is 0 Å². The van der Waals surface area contributed by atoms with Gasteiger partial charge < -0.3 is 0 Å². The van der Waals surface area contributed by atoms with Gasteiger partial charge >= 0.3 is 177 Å². The van der Waals surface area contributed by atoms with Gasteiger partial charge in [-0.15, -0.1) is 0 Å². The first kappa shape index (κ1) is 21.0. The number of halogens is 2. The Bertz CT molecular complexity index is 816. The van der Waals surface area contributed by atoms with Crippen LogP contribution in [0.2, 0.25) is 3.12 Å². The summed E-state index contributed by atoms with van der Waals surface area (Å²) in [5.74, 6) is 0.560. The van der Waals surface area contributed by atoms with E-state index in [4.69, 9.17) is 0 Å². The zero-order chi connectivity index (χ0) is 19.4. The van der Waals surface area contributed by atoms with E-state index >= 15 is 0 Å². The van der Waals surface area contributed by atoms with Crippen LogP contribution in [0.1, 0.15) is 69.6 Å². The van der Waals surface area contributed by atoms with Crippen molar-refractivity contribution in [1.29, 1.82) is 0 Å². The van der Waals surface area contributed by atoms with Crippen LogP contribution >= 0.6 is 24.4 Å². The summed E-state index contributed by atoms with van der Waals surface area (Å²) in [5.41, 5.74) is 10.7. The molecule has 0 nitrogen and oxygen atoms in total. The molecule has 0 radical (unpaired) electrons. The van der Waals surface area contributed by atoms with Crippen molar-refractivity contribution in [2.45, 2.75) is 61.6 Å². The average molecular weight is 558 g/mol. The van der Waals surface area contributed by atoms with Crippen LogP contribution in [0.3, 0.4) is 0 Å². The van der Waals surface area contributed by atoms with Crippen LogP contribution in [-0.4, -0.2) is 0 Å². The minimum absolute atomic E-state index is 0.180. The van der Waals surface area contributed by atoms with Crippen LogP contribution in [0, 0.1) is 5.92 Å². The van der Waals surface area contributed by atoms with Gasteiger partial charge in [0.1, 0.15) is 0 Å². The molecule has 0 bridgehead atoms. The average Bonchev–Trinajstić information content (AvgIpc) is 3.07. The summed E-state index contributed by atoms with van der Waals surface area (Å²) >= 11 is 5.87. The van der Waals surface area contributed by atoms with E-state index in [1.165, 1.54) is 22.3 Å². The predicted molar refractivity (Wildman–Crippen MR) is 120 cm³/mol. The first-order valence-corrected chi connectivity index (χ1v) is 23.5. The molecular formula is C23H30Br2Zr. The number of fused-ring (bicyclic) bond motifs is 1. The molecule has 1 atom stereocenters. The van der Waals surface area contributed by atoms with Crippen LogP contribution < -0.4 is 0 Å². The maximum absolute atomic E-state index is 4.49. The summed E-state index contributed by atoms with van der Waals surface area (Å²) in [6, 6.07) is 9.02. The van der Waals surface area contributed by atoms with Crippen molar-refractivity contribution in [1.82, 2.24) is 0 Å². The van der Waals surface area contributed by atoms with Gasteiger partial charge in [-0.25, -0.2) is 0 Å². The second-order valence-corrected chi connectivity index (χ2v) is 35.9. The van der Waals surface area contributed by atoms with Crippen LogP contribution in [0.25, 0.3) is 6.08 Å². The normalized spacial score (nSPS) is 22.4. The molecule has 2 aliphatic rings. The standard InChI is InChI=1S/C12H13.C11H17.2BrH.Zr/c1-9(2)12-7-10-5-3-4-6-11(10)8-12;1-6-11-9(4)7(2)8(3)10(11)5;;;/h3-9H,1-2H3;6H2,1-5H3;2*1H;/q;;;;+2/p-2. The third-order valence-corrected chi connectivity index (χ3v) is 29.4. The van der Waals surface area contributed by atoms with Crippen molar-refractivity contribution < 1.29 is 15.6 Å². The molecule has 0 N–H and O–H groups in total. The van der Waals surface area contributed by atoms with Gasteiger partial charge in [-0.2, -0.15) is 0 Å². The van der Waals surface area contributed by atoms with E-state index in [1.54, 1.807) is 16.7 Å². The van der Waals surface area contributed by atoms with Crippen molar-refractivity contribution in [2.75, 3.05) is 0 Å². The molecule has 0 saturated carbocycles. The molecule has 0 spiro atoms.